The molecule has 2 atom stereocenters. The molecular formula is C27H26F5NO5S. The molecule has 210 valence electrons. The third-order valence-electron chi connectivity index (χ3n) is 6.31. The van der Waals surface area contributed by atoms with E-state index in [1.54, 1.807) is 30.3 Å². The molecule has 0 bridgehead atoms. The second-order valence-corrected chi connectivity index (χ2v) is 11.1. The summed E-state index contributed by atoms with van der Waals surface area (Å²) in [4.78, 5) is 1.64. The summed E-state index contributed by atoms with van der Waals surface area (Å²) in [5, 5.41) is 0. The minimum atomic E-state index is -4.68. The fourth-order valence-corrected chi connectivity index (χ4v) is 5.22. The van der Waals surface area contributed by atoms with Crippen molar-refractivity contribution in [3.05, 3.63) is 83.4 Å². The van der Waals surface area contributed by atoms with Gasteiger partial charge in [0.1, 0.15) is 28.2 Å². The largest absolute Gasteiger partial charge is 0.495 e. The molecule has 0 aromatic heterocycles. The van der Waals surface area contributed by atoms with Crippen molar-refractivity contribution in [2.75, 3.05) is 26.5 Å². The molecule has 1 saturated heterocycles. The highest BCUT2D eigenvalue weighted by Crippen LogP contribution is 2.46. The molecule has 0 amide bonds. The van der Waals surface area contributed by atoms with Crippen LogP contribution in [0, 0.1) is 11.6 Å². The highest BCUT2D eigenvalue weighted by Gasteiger charge is 2.42. The van der Waals surface area contributed by atoms with Crippen LogP contribution in [0.2, 0.25) is 0 Å². The predicted octanol–water partition coefficient (Wildman–Crippen LogP) is 5.56. The predicted molar refractivity (Wildman–Crippen MR) is 133 cm³/mol. The van der Waals surface area contributed by atoms with Gasteiger partial charge in [0.15, 0.2) is 27.6 Å². The Hall–Kier alpha value is -3.38. The molecule has 1 fully saturated rings. The molecule has 0 N–H and O–H groups in total. The van der Waals surface area contributed by atoms with E-state index in [1.165, 1.54) is 19.2 Å². The van der Waals surface area contributed by atoms with Crippen molar-refractivity contribution in [1.29, 1.82) is 0 Å². The van der Waals surface area contributed by atoms with Gasteiger partial charge in [0.25, 0.3) is 0 Å². The van der Waals surface area contributed by atoms with Crippen molar-refractivity contribution >= 4 is 9.84 Å². The number of halogens is 5. The van der Waals surface area contributed by atoms with E-state index in [0.29, 0.717) is 5.56 Å². The Morgan fingerprint density at radius 2 is 1.64 bits per heavy atom. The Labute approximate surface area is 222 Å². The first-order valence-corrected chi connectivity index (χ1v) is 13.7. The molecule has 3 aromatic rings. The molecule has 4 rings (SSSR count). The van der Waals surface area contributed by atoms with E-state index in [9.17, 15) is 30.4 Å². The molecule has 1 aliphatic rings. The van der Waals surface area contributed by atoms with Crippen molar-refractivity contribution in [2.24, 2.45) is 0 Å². The number of methoxy groups -OCH3 is 1. The fraction of sp³-hybridized carbons (Fsp3) is 0.333. The van der Waals surface area contributed by atoms with E-state index in [-0.39, 0.29) is 40.8 Å². The number of likely N-dealkylation sites (tertiary alicyclic amines) is 1. The Balaban J connectivity index is 1.77. The average Bonchev–Trinajstić information content (AvgIpc) is 2.84. The van der Waals surface area contributed by atoms with E-state index in [0.717, 1.165) is 31.4 Å². The topological polar surface area (TPSA) is 65.1 Å². The summed E-state index contributed by atoms with van der Waals surface area (Å²) in [7, 11) is -2.61. The van der Waals surface area contributed by atoms with Gasteiger partial charge in [-0.05, 0) is 36.8 Å². The van der Waals surface area contributed by atoms with Crippen LogP contribution in [0.1, 0.15) is 24.1 Å². The van der Waals surface area contributed by atoms with Gasteiger partial charge < -0.3 is 14.2 Å². The van der Waals surface area contributed by atoms with Crippen molar-refractivity contribution in [3.63, 3.8) is 0 Å². The quantitative estimate of drug-likeness (QED) is 0.314. The van der Waals surface area contributed by atoms with Crippen molar-refractivity contribution < 1.29 is 44.6 Å². The summed E-state index contributed by atoms with van der Waals surface area (Å²) in [6, 6.07) is 13.5. The molecule has 1 aliphatic heterocycles. The van der Waals surface area contributed by atoms with Crippen LogP contribution < -0.4 is 14.2 Å². The van der Waals surface area contributed by atoms with Gasteiger partial charge in [-0.25, -0.2) is 17.2 Å². The summed E-state index contributed by atoms with van der Waals surface area (Å²) in [6.45, 7) is 1.33. The lowest BCUT2D eigenvalue weighted by atomic mass is 9.92. The minimum absolute atomic E-state index is 0.106. The van der Waals surface area contributed by atoms with Gasteiger partial charge in [-0.1, -0.05) is 30.3 Å². The van der Waals surface area contributed by atoms with Gasteiger partial charge in [-0.3, -0.25) is 4.90 Å². The first kappa shape index (κ1) is 28.6. The van der Waals surface area contributed by atoms with Crippen molar-refractivity contribution in [2.45, 2.75) is 36.2 Å². The first-order chi connectivity index (χ1) is 18.3. The molecule has 0 radical (unpaired) electrons. The zero-order chi connectivity index (χ0) is 28.5. The summed E-state index contributed by atoms with van der Waals surface area (Å²) in [6.07, 6.45) is -6.35. The Kier molecular flexibility index (Phi) is 8.08. The van der Waals surface area contributed by atoms with Gasteiger partial charge in [0.05, 0.1) is 18.7 Å². The molecule has 6 nitrogen and oxygen atoms in total. The van der Waals surface area contributed by atoms with Gasteiger partial charge >= 0.3 is 6.18 Å². The SMILES string of the molecule is COc1c(S(C)(=O)=O)ccc(O[C@@H](C)C(F)(F)F)c1C(c1ccccc1)N1CC(Oc2ccc(F)c(F)c2)C1. The monoisotopic (exact) mass is 571 g/mol. The molecule has 1 heterocycles. The number of sulfone groups is 1. The number of ether oxygens (including phenoxy) is 3. The van der Waals surface area contributed by atoms with Gasteiger partial charge in [0, 0.05) is 25.4 Å². The lowest BCUT2D eigenvalue weighted by molar-refractivity contribution is -0.189. The summed E-state index contributed by atoms with van der Waals surface area (Å²) in [5.41, 5.74) is 0.742. The van der Waals surface area contributed by atoms with Gasteiger partial charge in [-0.2, -0.15) is 13.2 Å². The maximum atomic E-state index is 13.6. The van der Waals surface area contributed by atoms with Crippen molar-refractivity contribution in [1.82, 2.24) is 4.90 Å². The van der Waals surface area contributed by atoms with Crippen LogP contribution in [0.3, 0.4) is 0 Å². The van der Waals surface area contributed by atoms with Crippen LogP contribution in [-0.2, 0) is 9.84 Å². The number of rotatable bonds is 9. The molecule has 0 saturated carbocycles. The lowest BCUT2D eigenvalue weighted by Gasteiger charge is -2.45. The molecule has 12 heteroatoms. The zero-order valence-corrected chi connectivity index (χ0v) is 22.0. The highest BCUT2D eigenvalue weighted by atomic mass is 32.2. The second-order valence-electron chi connectivity index (χ2n) is 9.17. The van der Waals surface area contributed by atoms with Gasteiger partial charge in [-0.15, -0.1) is 0 Å². The Morgan fingerprint density at radius 1 is 0.974 bits per heavy atom. The van der Waals surface area contributed by atoms with E-state index < -0.39 is 45.9 Å². The van der Waals surface area contributed by atoms with E-state index in [2.05, 4.69) is 0 Å². The lowest BCUT2D eigenvalue weighted by Crippen LogP contribution is -2.55. The average molecular weight is 572 g/mol. The van der Waals surface area contributed by atoms with Crippen LogP contribution in [-0.4, -0.2) is 58.2 Å². The highest BCUT2D eigenvalue weighted by molar-refractivity contribution is 7.90. The number of hydrogen-bond acceptors (Lipinski definition) is 6. The standard InChI is InChI=1S/C27H26F5NO5S/c1-16(27(30,31)32)37-22-11-12-23(39(3,34)35)26(36-2)24(22)25(17-7-5-4-6-8-17)33-14-19(15-33)38-18-9-10-20(28)21(29)13-18/h4-13,16,19,25H,14-15H2,1-3H3/t16-,25?/m0/s1. The third kappa shape index (κ3) is 6.27. The maximum absolute atomic E-state index is 13.6. The third-order valence-corrected chi connectivity index (χ3v) is 7.43. The van der Waals surface area contributed by atoms with Crippen LogP contribution in [0.4, 0.5) is 22.0 Å². The van der Waals surface area contributed by atoms with Crippen LogP contribution in [0.15, 0.2) is 65.6 Å². The second kappa shape index (κ2) is 11.0. The molecule has 39 heavy (non-hydrogen) atoms. The minimum Gasteiger partial charge on any atom is -0.495 e. The van der Waals surface area contributed by atoms with E-state index in [1.807, 2.05) is 4.90 Å². The maximum Gasteiger partial charge on any atom is 0.425 e. The number of alkyl halides is 3. The molecule has 3 aromatic carbocycles. The fourth-order valence-electron chi connectivity index (χ4n) is 4.38. The van der Waals surface area contributed by atoms with Crippen LogP contribution in [0.25, 0.3) is 0 Å². The molecule has 1 unspecified atom stereocenters. The number of nitrogens with zero attached hydrogens (tertiary/aromatic N) is 1. The van der Waals surface area contributed by atoms with E-state index >= 15 is 0 Å². The first-order valence-electron chi connectivity index (χ1n) is 11.8. The van der Waals surface area contributed by atoms with Crippen LogP contribution in [0.5, 0.6) is 17.2 Å². The normalized spacial score (nSPS) is 16.3. The molecular weight excluding hydrogens is 545 g/mol. The summed E-state index contributed by atoms with van der Waals surface area (Å²) in [5.74, 6) is -2.28. The smallest absolute Gasteiger partial charge is 0.425 e. The Morgan fingerprint density at radius 3 is 2.21 bits per heavy atom. The van der Waals surface area contributed by atoms with E-state index in [4.69, 9.17) is 14.2 Å². The summed E-state index contributed by atoms with van der Waals surface area (Å²) >= 11 is 0. The van der Waals surface area contributed by atoms with Crippen molar-refractivity contribution in [3.8, 4) is 17.2 Å². The molecule has 0 spiro atoms. The van der Waals surface area contributed by atoms with Crippen LogP contribution >= 0.6 is 0 Å². The summed E-state index contributed by atoms with van der Waals surface area (Å²) < 4.78 is 109. The molecule has 0 aliphatic carbocycles. The Bertz CT molecular complexity index is 1430. The number of hydrogen-bond donors (Lipinski definition) is 0. The van der Waals surface area contributed by atoms with Gasteiger partial charge in [0.2, 0.25) is 0 Å². The number of benzene rings is 3. The zero-order valence-electron chi connectivity index (χ0n) is 21.2.